The molecule has 1 amide bonds. The quantitative estimate of drug-likeness (QED) is 0.232. The molecule has 1 saturated heterocycles. The molecule has 0 saturated carbocycles. The van der Waals surface area contributed by atoms with Crippen molar-refractivity contribution in [3.8, 4) is 11.4 Å². The van der Waals surface area contributed by atoms with Crippen molar-refractivity contribution in [3.63, 3.8) is 0 Å². The number of nitrogens with one attached hydrogen (secondary N) is 2. The summed E-state index contributed by atoms with van der Waals surface area (Å²) in [6.07, 6.45) is 2.06. The first kappa shape index (κ1) is 26.9. The number of anilines is 1. The van der Waals surface area contributed by atoms with Gasteiger partial charge in [0.25, 0.3) is 0 Å². The first-order chi connectivity index (χ1) is 18.9. The van der Waals surface area contributed by atoms with Gasteiger partial charge in [0.2, 0.25) is 5.91 Å². The van der Waals surface area contributed by atoms with E-state index in [2.05, 4.69) is 73.1 Å². The summed E-state index contributed by atoms with van der Waals surface area (Å²) in [4.78, 5) is 19.8. The van der Waals surface area contributed by atoms with Crippen molar-refractivity contribution >= 4 is 44.9 Å². The van der Waals surface area contributed by atoms with Gasteiger partial charge in [-0.2, -0.15) is 0 Å². The van der Waals surface area contributed by atoms with E-state index in [0.29, 0.717) is 23.1 Å². The lowest BCUT2D eigenvalue weighted by molar-refractivity contribution is -0.116. The summed E-state index contributed by atoms with van der Waals surface area (Å²) in [5, 5.41) is 7.07. The standard InChI is InChI=1S/C30H30BrN5O2S/c1-19-18-23(20(2)36(19)22-13-11-21(31)12-14-22)29-28(25-9-6-7-16-32-25)34-30(39)35(29)17-15-27(37)33-24-8-4-5-10-26(24)38-3/h4-14,16,18,28-29H,15,17H2,1-3H3,(H,33,37)(H,34,39)/t28-,29+/m0/s1. The molecule has 0 radical (unpaired) electrons. The van der Waals surface area contributed by atoms with Crippen LogP contribution in [0.3, 0.4) is 0 Å². The van der Waals surface area contributed by atoms with Crippen molar-refractivity contribution in [2.75, 3.05) is 19.0 Å². The molecule has 0 bridgehead atoms. The van der Waals surface area contributed by atoms with Crippen LogP contribution in [-0.4, -0.2) is 39.1 Å². The molecule has 4 aromatic rings. The number of thiocarbonyl (C=S) groups is 1. The van der Waals surface area contributed by atoms with Crippen LogP contribution in [0.1, 0.15) is 41.1 Å². The van der Waals surface area contributed by atoms with Crippen LogP contribution in [0.5, 0.6) is 5.75 Å². The van der Waals surface area contributed by atoms with Crippen molar-refractivity contribution in [1.29, 1.82) is 0 Å². The zero-order valence-electron chi connectivity index (χ0n) is 22.0. The highest BCUT2D eigenvalue weighted by molar-refractivity contribution is 9.10. The highest BCUT2D eigenvalue weighted by atomic mass is 79.9. The van der Waals surface area contributed by atoms with Gasteiger partial charge in [-0.1, -0.05) is 34.1 Å². The number of nitrogens with zero attached hydrogens (tertiary/aromatic N) is 3. The number of amides is 1. The van der Waals surface area contributed by atoms with Gasteiger partial charge in [0, 0.05) is 40.7 Å². The number of para-hydroxylation sites is 2. The Hall–Kier alpha value is -3.69. The number of halogens is 1. The van der Waals surface area contributed by atoms with Gasteiger partial charge >= 0.3 is 0 Å². The van der Waals surface area contributed by atoms with E-state index in [4.69, 9.17) is 17.0 Å². The van der Waals surface area contributed by atoms with Crippen LogP contribution >= 0.6 is 28.1 Å². The number of methoxy groups -OCH3 is 1. The molecule has 2 atom stereocenters. The summed E-state index contributed by atoms with van der Waals surface area (Å²) in [6.45, 7) is 4.69. The average molecular weight is 605 g/mol. The largest absolute Gasteiger partial charge is 0.495 e. The summed E-state index contributed by atoms with van der Waals surface area (Å²) in [5.41, 5.74) is 6.02. The predicted octanol–water partition coefficient (Wildman–Crippen LogP) is 6.26. The molecular formula is C30H30BrN5O2S. The van der Waals surface area contributed by atoms with Crippen LogP contribution in [0.25, 0.3) is 5.69 Å². The van der Waals surface area contributed by atoms with E-state index < -0.39 is 0 Å². The lowest BCUT2D eigenvalue weighted by Gasteiger charge is -2.28. The smallest absolute Gasteiger partial charge is 0.226 e. The second-order valence-corrected chi connectivity index (χ2v) is 10.8. The Balaban J connectivity index is 1.46. The Labute approximate surface area is 242 Å². The van der Waals surface area contributed by atoms with Crippen LogP contribution in [-0.2, 0) is 4.79 Å². The number of pyridine rings is 1. The monoisotopic (exact) mass is 603 g/mol. The average Bonchev–Trinajstić information content (AvgIpc) is 3.43. The van der Waals surface area contributed by atoms with Gasteiger partial charge in [0.15, 0.2) is 5.11 Å². The number of carbonyl (C=O) groups is 1. The lowest BCUT2D eigenvalue weighted by atomic mass is 9.96. The minimum atomic E-state index is -0.158. The summed E-state index contributed by atoms with van der Waals surface area (Å²) < 4.78 is 8.67. The van der Waals surface area contributed by atoms with Crippen molar-refractivity contribution in [1.82, 2.24) is 19.8 Å². The Morgan fingerprint density at radius 2 is 1.85 bits per heavy atom. The Morgan fingerprint density at radius 3 is 2.56 bits per heavy atom. The van der Waals surface area contributed by atoms with Crippen LogP contribution in [0.4, 0.5) is 5.69 Å². The van der Waals surface area contributed by atoms with Gasteiger partial charge in [0.05, 0.1) is 30.6 Å². The third kappa shape index (κ3) is 5.55. The zero-order chi connectivity index (χ0) is 27.5. The molecule has 1 aliphatic heterocycles. The summed E-state index contributed by atoms with van der Waals surface area (Å²) in [7, 11) is 1.59. The van der Waals surface area contributed by atoms with Gasteiger partial charge in [0.1, 0.15) is 5.75 Å². The maximum absolute atomic E-state index is 13.0. The maximum Gasteiger partial charge on any atom is 0.226 e. The van der Waals surface area contributed by atoms with Gasteiger partial charge in [-0.25, -0.2) is 0 Å². The minimum Gasteiger partial charge on any atom is -0.495 e. The fourth-order valence-electron chi connectivity index (χ4n) is 5.24. The minimum absolute atomic E-state index is 0.109. The van der Waals surface area contributed by atoms with Crippen LogP contribution in [0.2, 0.25) is 0 Å². The van der Waals surface area contributed by atoms with Crippen molar-refractivity contribution in [3.05, 3.63) is 106 Å². The molecule has 1 fully saturated rings. The molecule has 0 spiro atoms. The first-order valence-electron chi connectivity index (χ1n) is 12.7. The summed E-state index contributed by atoms with van der Waals surface area (Å²) in [6, 6.07) is 23.5. The molecule has 200 valence electrons. The molecule has 0 unspecified atom stereocenters. The van der Waals surface area contributed by atoms with Crippen molar-refractivity contribution < 1.29 is 9.53 Å². The van der Waals surface area contributed by atoms with Gasteiger partial charge in [-0.3, -0.25) is 9.78 Å². The van der Waals surface area contributed by atoms with Gasteiger partial charge in [-0.05, 0) is 86.2 Å². The fourth-order valence-corrected chi connectivity index (χ4v) is 5.84. The molecule has 5 rings (SSSR count). The molecule has 2 N–H and O–H groups in total. The molecule has 1 aliphatic rings. The molecule has 2 aromatic heterocycles. The highest BCUT2D eigenvalue weighted by Gasteiger charge is 2.41. The number of carbonyl (C=O) groups excluding carboxylic acids is 1. The third-order valence-electron chi connectivity index (χ3n) is 7.03. The molecule has 9 heteroatoms. The summed E-state index contributed by atoms with van der Waals surface area (Å²) in [5.74, 6) is 0.514. The van der Waals surface area contributed by atoms with Crippen LogP contribution in [0, 0.1) is 13.8 Å². The van der Waals surface area contributed by atoms with E-state index in [9.17, 15) is 4.79 Å². The van der Waals surface area contributed by atoms with Crippen molar-refractivity contribution in [2.45, 2.75) is 32.4 Å². The number of ether oxygens (including phenoxy) is 1. The number of rotatable bonds is 8. The molecule has 2 aromatic carbocycles. The molecule has 39 heavy (non-hydrogen) atoms. The van der Waals surface area contributed by atoms with E-state index >= 15 is 0 Å². The second kappa shape index (κ2) is 11.6. The zero-order valence-corrected chi connectivity index (χ0v) is 24.4. The molecular weight excluding hydrogens is 574 g/mol. The van der Waals surface area contributed by atoms with Crippen LogP contribution in [0.15, 0.2) is 83.5 Å². The maximum atomic E-state index is 13.0. The molecule has 0 aliphatic carbocycles. The second-order valence-electron chi connectivity index (χ2n) is 9.46. The van der Waals surface area contributed by atoms with E-state index in [1.54, 1.807) is 13.3 Å². The first-order valence-corrected chi connectivity index (χ1v) is 13.9. The van der Waals surface area contributed by atoms with Crippen molar-refractivity contribution in [2.24, 2.45) is 0 Å². The van der Waals surface area contributed by atoms with E-state index in [1.165, 1.54) is 0 Å². The topological polar surface area (TPSA) is 71.4 Å². The Morgan fingerprint density at radius 1 is 1.10 bits per heavy atom. The highest BCUT2D eigenvalue weighted by Crippen LogP contribution is 2.41. The number of aryl methyl sites for hydroxylation is 1. The summed E-state index contributed by atoms with van der Waals surface area (Å²) >= 11 is 9.36. The normalized spacial score (nSPS) is 16.7. The van der Waals surface area contributed by atoms with E-state index in [1.807, 2.05) is 54.6 Å². The fraction of sp³-hybridized carbons (Fsp3) is 0.233. The van der Waals surface area contributed by atoms with Gasteiger partial charge < -0.3 is 24.8 Å². The van der Waals surface area contributed by atoms with Crippen LogP contribution < -0.4 is 15.4 Å². The number of benzene rings is 2. The Bertz CT molecular complexity index is 1490. The van der Waals surface area contributed by atoms with E-state index in [-0.39, 0.29) is 24.4 Å². The van der Waals surface area contributed by atoms with Gasteiger partial charge in [-0.15, -0.1) is 0 Å². The predicted molar refractivity (Wildman–Crippen MR) is 161 cm³/mol. The molecule has 7 nitrogen and oxygen atoms in total. The molecule has 3 heterocycles. The number of hydrogen-bond donors (Lipinski definition) is 2. The number of hydrogen-bond acceptors (Lipinski definition) is 4. The Kier molecular flexibility index (Phi) is 7.99. The lowest BCUT2D eigenvalue weighted by Crippen LogP contribution is -2.33. The third-order valence-corrected chi connectivity index (χ3v) is 7.91. The van der Waals surface area contributed by atoms with E-state index in [0.717, 1.165) is 32.8 Å². The SMILES string of the molecule is COc1ccccc1NC(=O)CCN1C(=S)N[C@@H](c2ccccn2)[C@H]1c1cc(C)n(-c2ccc(Br)cc2)c1C. The number of aromatic nitrogens is 2.